The zero-order chi connectivity index (χ0) is 15.4. The first-order valence-corrected chi connectivity index (χ1v) is 7.40. The lowest BCUT2D eigenvalue weighted by Gasteiger charge is -2.21. The third-order valence-corrected chi connectivity index (χ3v) is 4.12. The number of amides is 1. The van der Waals surface area contributed by atoms with Gasteiger partial charge in [-0.1, -0.05) is 19.3 Å². The van der Waals surface area contributed by atoms with E-state index in [2.05, 4.69) is 10.3 Å². The lowest BCUT2D eigenvalue weighted by Crippen LogP contribution is -2.34. The fraction of sp³-hybridized carbons (Fsp3) is 0.500. The predicted molar refractivity (Wildman–Crippen MR) is 81.3 cm³/mol. The number of carbonyl (C=O) groups excluding carboxylic acids is 1. The van der Waals surface area contributed by atoms with Crippen molar-refractivity contribution in [3.8, 4) is 0 Å². The maximum Gasteiger partial charge on any atom is 0.352 e. The number of carboxylic acid groups (broad SMARTS) is 1. The van der Waals surface area contributed by atoms with Gasteiger partial charge in [0.1, 0.15) is 5.69 Å². The smallest absolute Gasteiger partial charge is 0.352 e. The van der Waals surface area contributed by atoms with Crippen molar-refractivity contribution < 1.29 is 14.7 Å². The summed E-state index contributed by atoms with van der Waals surface area (Å²) in [5, 5.41) is 12.1. The first kappa shape index (κ1) is 15.4. The molecule has 2 rings (SSSR count). The molecule has 1 aromatic rings. The van der Waals surface area contributed by atoms with Gasteiger partial charge in [0.15, 0.2) is 0 Å². The number of hydrogen-bond donors (Lipinski definition) is 3. The van der Waals surface area contributed by atoms with Crippen molar-refractivity contribution in [3.05, 3.63) is 28.6 Å². The zero-order valence-electron chi connectivity index (χ0n) is 12.5. The molecule has 1 saturated carbocycles. The summed E-state index contributed by atoms with van der Waals surface area (Å²) in [4.78, 5) is 25.9. The SMILES string of the molecule is Cc1[nH]c(C(=O)O)c(/C=C/C(=O)NC2CCCCC2)c1C. The van der Waals surface area contributed by atoms with Gasteiger partial charge in [-0.3, -0.25) is 4.79 Å². The predicted octanol–water partition coefficient (Wildman–Crippen LogP) is 2.79. The molecule has 0 unspecified atom stereocenters. The molecule has 0 spiro atoms. The highest BCUT2D eigenvalue weighted by Gasteiger charge is 2.17. The van der Waals surface area contributed by atoms with Crippen LogP contribution < -0.4 is 5.32 Å². The monoisotopic (exact) mass is 290 g/mol. The Morgan fingerprint density at radius 3 is 2.52 bits per heavy atom. The Balaban J connectivity index is 2.06. The van der Waals surface area contributed by atoms with Gasteiger partial charge in [-0.15, -0.1) is 0 Å². The normalized spacial score (nSPS) is 16.3. The van der Waals surface area contributed by atoms with E-state index in [1.807, 2.05) is 13.8 Å². The highest BCUT2D eigenvalue weighted by atomic mass is 16.4. The van der Waals surface area contributed by atoms with Gasteiger partial charge in [-0.05, 0) is 38.3 Å². The Hall–Kier alpha value is -2.04. The first-order valence-electron chi connectivity index (χ1n) is 7.40. The molecule has 0 bridgehead atoms. The zero-order valence-corrected chi connectivity index (χ0v) is 12.5. The van der Waals surface area contributed by atoms with E-state index in [1.165, 1.54) is 12.5 Å². The van der Waals surface area contributed by atoms with Crippen molar-refractivity contribution in [2.45, 2.75) is 52.0 Å². The van der Waals surface area contributed by atoms with Crippen LogP contribution in [0.5, 0.6) is 0 Å². The standard InChI is InChI=1S/C16H22N2O3/c1-10-11(2)17-15(16(20)21)13(10)8-9-14(19)18-12-6-4-3-5-7-12/h8-9,12,17H,3-7H2,1-2H3,(H,18,19)(H,20,21)/b9-8+. The van der Waals surface area contributed by atoms with Crippen LogP contribution in [0, 0.1) is 13.8 Å². The summed E-state index contributed by atoms with van der Waals surface area (Å²) < 4.78 is 0. The molecule has 1 amide bonds. The number of carboxylic acids is 1. The van der Waals surface area contributed by atoms with Gasteiger partial charge in [-0.25, -0.2) is 4.79 Å². The molecule has 0 aliphatic heterocycles. The van der Waals surface area contributed by atoms with E-state index < -0.39 is 5.97 Å². The van der Waals surface area contributed by atoms with Gasteiger partial charge in [0.2, 0.25) is 5.91 Å². The topological polar surface area (TPSA) is 82.2 Å². The second kappa shape index (κ2) is 6.61. The van der Waals surface area contributed by atoms with Gasteiger partial charge in [-0.2, -0.15) is 0 Å². The molecule has 1 heterocycles. The summed E-state index contributed by atoms with van der Waals surface area (Å²) in [5.41, 5.74) is 2.36. The van der Waals surface area contributed by atoms with Crippen LogP contribution >= 0.6 is 0 Å². The van der Waals surface area contributed by atoms with Gasteiger partial charge in [0, 0.05) is 23.4 Å². The third-order valence-electron chi connectivity index (χ3n) is 4.12. The van der Waals surface area contributed by atoms with Crippen LogP contribution in [0.25, 0.3) is 6.08 Å². The molecule has 114 valence electrons. The van der Waals surface area contributed by atoms with Crippen molar-refractivity contribution >= 4 is 18.0 Å². The van der Waals surface area contributed by atoms with E-state index in [0.29, 0.717) is 5.56 Å². The third kappa shape index (κ3) is 3.74. The van der Waals surface area contributed by atoms with Gasteiger partial charge >= 0.3 is 5.97 Å². The molecule has 1 fully saturated rings. The van der Waals surface area contributed by atoms with Gasteiger partial charge in [0.05, 0.1) is 0 Å². The molecule has 0 saturated heterocycles. The fourth-order valence-corrected chi connectivity index (χ4v) is 2.77. The Morgan fingerprint density at radius 2 is 1.90 bits per heavy atom. The molecular formula is C16H22N2O3. The second-order valence-corrected chi connectivity index (χ2v) is 5.65. The number of rotatable bonds is 4. The molecule has 21 heavy (non-hydrogen) atoms. The van der Waals surface area contributed by atoms with E-state index in [0.717, 1.165) is 36.9 Å². The van der Waals surface area contributed by atoms with Crippen molar-refractivity contribution in [1.29, 1.82) is 0 Å². The second-order valence-electron chi connectivity index (χ2n) is 5.65. The van der Waals surface area contributed by atoms with Crippen molar-refractivity contribution in [2.24, 2.45) is 0 Å². The Morgan fingerprint density at radius 1 is 1.24 bits per heavy atom. The summed E-state index contributed by atoms with van der Waals surface area (Å²) in [6.45, 7) is 3.66. The minimum absolute atomic E-state index is 0.131. The molecule has 0 aromatic carbocycles. The van der Waals surface area contributed by atoms with Crippen LogP contribution in [0.15, 0.2) is 6.08 Å². The molecule has 3 N–H and O–H groups in total. The molecule has 1 aliphatic carbocycles. The van der Waals surface area contributed by atoms with Crippen LogP contribution in [0.3, 0.4) is 0 Å². The van der Waals surface area contributed by atoms with E-state index in [1.54, 1.807) is 6.08 Å². The summed E-state index contributed by atoms with van der Waals surface area (Å²) in [5.74, 6) is -1.17. The van der Waals surface area contributed by atoms with E-state index in [-0.39, 0.29) is 17.6 Å². The fourth-order valence-electron chi connectivity index (χ4n) is 2.77. The minimum Gasteiger partial charge on any atom is -0.477 e. The van der Waals surface area contributed by atoms with Crippen molar-refractivity contribution in [1.82, 2.24) is 10.3 Å². The number of aryl methyl sites for hydroxylation is 1. The Labute approximate surface area is 124 Å². The van der Waals surface area contributed by atoms with Crippen LogP contribution in [0.4, 0.5) is 0 Å². The number of H-pyrrole nitrogens is 1. The minimum atomic E-state index is -1.02. The van der Waals surface area contributed by atoms with Crippen LogP contribution in [0.2, 0.25) is 0 Å². The average Bonchev–Trinajstić information content (AvgIpc) is 2.74. The molecule has 1 aliphatic rings. The summed E-state index contributed by atoms with van der Waals surface area (Å²) in [6.07, 6.45) is 8.63. The lowest BCUT2D eigenvalue weighted by molar-refractivity contribution is -0.117. The highest BCUT2D eigenvalue weighted by Crippen LogP contribution is 2.20. The quantitative estimate of drug-likeness (QED) is 0.746. The number of hydrogen-bond acceptors (Lipinski definition) is 2. The Bertz CT molecular complexity index is 566. The number of aromatic carboxylic acids is 1. The summed E-state index contributed by atoms with van der Waals surface area (Å²) in [7, 11) is 0. The van der Waals surface area contributed by atoms with Crippen molar-refractivity contribution in [3.63, 3.8) is 0 Å². The molecule has 0 radical (unpaired) electrons. The largest absolute Gasteiger partial charge is 0.477 e. The molecule has 1 aromatic heterocycles. The molecule has 5 heteroatoms. The van der Waals surface area contributed by atoms with E-state index >= 15 is 0 Å². The van der Waals surface area contributed by atoms with Gasteiger partial charge < -0.3 is 15.4 Å². The maximum atomic E-state index is 11.9. The molecule has 0 atom stereocenters. The number of aromatic amines is 1. The van der Waals surface area contributed by atoms with Crippen LogP contribution in [-0.2, 0) is 4.79 Å². The molecule has 5 nitrogen and oxygen atoms in total. The summed E-state index contributed by atoms with van der Waals surface area (Å²) in [6, 6.07) is 0.254. The highest BCUT2D eigenvalue weighted by molar-refractivity contribution is 5.96. The van der Waals surface area contributed by atoms with E-state index in [4.69, 9.17) is 5.11 Å². The number of aromatic nitrogens is 1. The Kier molecular flexibility index (Phi) is 4.83. The first-order chi connectivity index (χ1) is 9.99. The van der Waals surface area contributed by atoms with E-state index in [9.17, 15) is 9.59 Å². The number of carbonyl (C=O) groups is 2. The number of nitrogens with one attached hydrogen (secondary N) is 2. The summed E-state index contributed by atoms with van der Waals surface area (Å²) >= 11 is 0. The van der Waals surface area contributed by atoms with Gasteiger partial charge in [0.25, 0.3) is 0 Å². The average molecular weight is 290 g/mol. The van der Waals surface area contributed by atoms with Crippen LogP contribution in [0.1, 0.15) is 59.4 Å². The lowest BCUT2D eigenvalue weighted by atomic mass is 9.95. The van der Waals surface area contributed by atoms with Crippen molar-refractivity contribution in [2.75, 3.05) is 0 Å². The van der Waals surface area contributed by atoms with Crippen LogP contribution in [-0.4, -0.2) is 28.0 Å². The maximum absolute atomic E-state index is 11.9. The molecular weight excluding hydrogens is 268 g/mol.